The van der Waals surface area contributed by atoms with Gasteiger partial charge in [-0.15, -0.1) is 12.6 Å². The largest absolute Gasteiger partial charge is 0.514 e. The lowest BCUT2D eigenvalue weighted by atomic mass is 9.98. The van der Waals surface area contributed by atoms with Gasteiger partial charge in [-0.1, -0.05) is 29.9 Å². The molecule has 140 valence electrons. The number of thiol groups is 1. The van der Waals surface area contributed by atoms with E-state index in [1.165, 1.54) is 12.1 Å². The van der Waals surface area contributed by atoms with Crippen molar-refractivity contribution in [3.05, 3.63) is 34.7 Å². The molecule has 0 bridgehead atoms. The second-order valence-corrected chi connectivity index (χ2v) is 7.39. The first-order valence-electron chi connectivity index (χ1n) is 8.45. The zero-order chi connectivity index (χ0) is 19.2. The summed E-state index contributed by atoms with van der Waals surface area (Å²) in [5.41, 5.74) is 0.160. The monoisotopic (exact) mass is 403 g/mol. The molecule has 0 saturated heterocycles. The Hall–Kier alpha value is -2.57. The van der Waals surface area contributed by atoms with Crippen LogP contribution in [0.1, 0.15) is 47.3 Å². The molecule has 1 saturated carbocycles. The van der Waals surface area contributed by atoms with Crippen LogP contribution >= 0.6 is 24.0 Å². The first-order valence-corrected chi connectivity index (χ1v) is 9.72. The predicted molar refractivity (Wildman–Crippen MR) is 102 cm³/mol. The Labute approximate surface area is 165 Å². The molecular weight excluding hydrogens is 386 g/mol. The van der Waals surface area contributed by atoms with Crippen molar-refractivity contribution in [3.8, 4) is 11.8 Å². The molecule has 7 nitrogen and oxygen atoms in total. The number of anilines is 1. The van der Waals surface area contributed by atoms with Crippen molar-refractivity contribution in [3.63, 3.8) is 0 Å². The van der Waals surface area contributed by atoms with Gasteiger partial charge in [-0.25, -0.2) is 9.78 Å². The molecule has 1 aliphatic rings. The number of carbonyl (C=O) groups excluding carboxylic acids is 2. The van der Waals surface area contributed by atoms with E-state index in [0.29, 0.717) is 4.88 Å². The minimum Gasteiger partial charge on any atom is -0.431 e. The summed E-state index contributed by atoms with van der Waals surface area (Å²) < 4.78 is 10.6. The summed E-state index contributed by atoms with van der Waals surface area (Å²) in [5, 5.41) is 12.0. The van der Waals surface area contributed by atoms with E-state index in [2.05, 4.69) is 22.9 Å². The topological polar surface area (TPSA) is 101 Å². The van der Waals surface area contributed by atoms with Gasteiger partial charge in [0, 0.05) is 0 Å². The normalized spacial score (nSPS) is 14.2. The number of aromatic nitrogens is 1. The average molecular weight is 403 g/mol. The standard InChI is InChI=1S/C18H17N3O4S2/c19-10-14-16(26)21-17(27-14)20-15(22)12-8-4-5-9-13(12)25-18(23)24-11-6-2-1-3-7-11/h4-5,8-9,11,26H,1-3,6-7H2,(H,20,21,22). The second kappa shape index (κ2) is 8.88. The fraction of sp³-hybridized carbons (Fsp3) is 0.333. The highest BCUT2D eigenvalue weighted by molar-refractivity contribution is 7.80. The Morgan fingerprint density at radius 2 is 2.00 bits per heavy atom. The number of amides is 1. The zero-order valence-corrected chi connectivity index (χ0v) is 16.0. The quantitative estimate of drug-likeness (QED) is 0.446. The molecule has 1 amide bonds. The molecule has 3 rings (SSSR count). The molecule has 1 fully saturated rings. The van der Waals surface area contributed by atoms with Crippen molar-refractivity contribution >= 4 is 41.2 Å². The third kappa shape index (κ3) is 4.99. The Bertz CT molecular complexity index is 885. The lowest BCUT2D eigenvalue weighted by molar-refractivity contribution is 0.0415. The fourth-order valence-corrected chi connectivity index (χ4v) is 3.79. The van der Waals surface area contributed by atoms with Gasteiger partial charge < -0.3 is 9.47 Å². The van der Waals surface area contributed by atoms with E-state index in [4.69, 9.17) is 14.7 Å². The van der Waals surface area contributed by atoms with Crippen LogP contribution in [0.2, 0.25) is 0 Å². The molecule has 0 unspecified atom stereocenters. The van der Waals surface area contributed by atoms with Gasteiger partial charge >= 0.3 is 6.16 Å². The van der Waals surface area contributed by atoms with Crippen molar-refractivity contribution in [2.45, 2.75) is 43.2 Å². The van der Waals surface area contributed by atoms with Crippen LogP contribution in [0.4, 0.5) is 9.93 Å². The first-order chi connectivity index (χ1) is 13.1. The molecule has 1 aliphatic carbocycles. The van der Waals surface area contributed by atoms with E-state index < -0.39 is 12.1 Å². The van der Waals surface area contributed by atoms with E-state index in [1.54, 1.807) is 12.1 Å². The number of ether oxygens (including phenoxy) is 2. The van der Waals surface area contributed by atoms with Gasteiger partial charge in [0.15, 0.2) is 5.13 Å². The molecule has 0 radical (unpaired) electrons. The fourth-order valence-electron chi connectivity index (χ4n) is 2.78. The average Bonchev–Trinajstić information content (AvgIpc) is 3.02. The maximum Gasteiger partial charge on any atom is 0.514 e. The SMILES string of the molecule is N#Cc1sc(NC(=O)c2ccccc2OC(=O)OC2CCCCC2)nc1S. The molecular formula is C18H17N3O4S2. The van der Waals surface area contributed by atoms with E-state index >= 15 is 0 Å². The number of thiazole rings is 1. The van der Waals surface area contributed by atoms with Crippen molar-refractivity contribution in [1.82, 2.24) is 4.98 Å². The van der Waals surface area contributed by atoms with Crippen LogP contribution in [-0.2, 0) is 4.74 Å². The van der Waals surface area contributed by atoms with E-state index in [0.717, 1.165) is 43.4 Å². The van der Waals surface area contributed by atoms with Crippen LogP contribution in [0.15, 0.2) is 29.3 Å². The Kier molecular flexibility index (Phi) is 6.32. The number of hydrogen-bond acceptors (Lipinski definition) is 8. The minimum absolute atomic E-state index is 0.0963. The minimum atomic E-state index is -0.819. The molecule has 1 heterocycles. The summed E-state index contributed by atoms with van der Waals surface area (Å²) >= 11 is 5.09. The molecule has 1 N–H and O–H groups in total. The molecule has 0 aliphatic heterocycles. The van der Waals surface area contributed by atoms with E-state index in [1.807, 2.05) is 6.07 Å². The van der Waals surface area contributed by atoms with Crippen LogP contribution in [0.3, 0.4) is 0 Å². The number of hydrogen-bond donors (Lipinski definition) is 2. The van der Waals surface area contributed by atoms with Crippen molar-refractivity contribution < 1.29 is 19.1 Å². The lowest BCUT2D eigenvalue weighted by Gasteiger charge is -2.21. The molecule has 0 atom stereocenters. The highest BCUT2D eigenvalue weighted by Crippen LogP contribution is 2.27. The number of benzene rings is 1. The summed E-state index contributed by atoms with van der Waals surface area (Å²) in [4.78, 5) is 28.9. The van der Waals surface area contributed by atoms with Crippen LogP contribution in [-0.4, -0.2) is 23.2 Å². The maximum atomic E-state index is 12.5. The smallest absolute Gasteiger partial charge is 0.431 e. The lowest BCUT2D eigenvalue weighted by Crippen LogP contribution is -2.24. The number of carbonyl (C=O) groups is 2. The summed E-state index contributed by atoms with van der Waals surface area (Å²) in [5.74, 6) is -0.415. The summed E-state index contributed by atoms with van der Waals surface area (Å²) in [6.07, 6.45) is 3.91. The van der Waals surface area contributed by atoms with Crippen LogP contribution < -0.4 is 10.1 Å². The molecule has 9 heteroatoms. The summed E-state index contributed by atoms with van der Waals surface area (Å²) in [7, 11) is 0. The zero-order valence-electron chi connectivity index (χ0n) is 14.3. The van der Waals surface area contributed by atoms with Crippen LogP contribution in [0.5, 0.6) is 5.75 Å². The van der Waals surface area contributed by atoms with E-state index in [9.17, 15) is 9.59 Å². The van der Waals surface area contributed by atoms with Gasteiger partial charge in [-0.05, 0) is 37.8 Å². The molecule has 1 aromatic heterocycles. The first kappa shape index (κ1) is 19.2. The highest BCUT2D eigenvalue weighted by atomic mass is 32.1. The van der Waals surface area contributed by atoms with Gasteiger partial charge in [0.25, 0.3) is 5.91 Å². The maximum absolute atomic E-state index is 12.5. The molecule has 1 aromatic carbocycles. The number of rotatable bonds is 4. The van der Waals surface area contributed by atoms with Crippen molar-refractivity contribution in [1.29, 1.82) is 5.26 Å². The molecule has 2 aromatic rings. The summed E-state index contributed by atoms with van der Waals surface area (Å²) in [6.45, 7) is 0. The third-order valence-electron chi connectivity index (χ3n) is 4.07. The number of para-hydroxylation sites is 1. The number of nitrogens with zero attached hydrogens (tertiary/aromatic N) is 2. The molecule has 0 spiro atoms. The van der Waals surface area contributed by atoms with Gasteiger partial charge in [0.1, 0.15) is 27.8 Å². The number of nitriles is 1. The molecule has 27 heavy (non-hydrogen) atoms. The van der Waals surface area contributed by atoms with Gasteiger partial charge in [0.2, 0.25) is 0 Å². The summed E-state index contributed by atoms with van der Waals surface area (Å²) in [6, 6.07) is 8.30. The van der Waals surface area contributed by atoms with Gasteiger partial charge in [-0.2, -0.15) is 5.26 Å². The Balaban J connectivity index is 1.68. The highest BCUT2D eigenvalue weighted by Gasteiger charge is 2.21. The van der Waals surface area contributed by atoms with E-state index in [-0.39, 0.29) is 27.6 Å². The van der Waals surface area contributed by atoms with Crippen LogP contribution in [0, 0.1) is 11.3 Å². The Morgan fingerprint density at radius 3 is 2.70 bits per heavy atom. The van der Waals surface area contributed by atoms with Crippen molar-refractivity contribution in [2.75, 3.05) is 5.32 Å². The predicted octanol–water partition coefficient (Wildman–Crippen LogP) is 4.40. The van der Waals surface area contributed by atoms with Crippen molar-refractivity contribution in [2.24, 2.45) is 0 Å². The van der Waals surface area contributed by atoms with Crippen LogP contribution in [0.25, 0.3) is 0 Å². The van der Waals surface area contributed by atoms with Gasteiger partial charge in [0.05, 0.1) is 5.56 Å². The third-order valence-corrected chi connectivity index (χ3v) is 5.42. The second-order valence-electron chi connectivity index (χ2n) is 5.96. The van der Waals surface area contributed by atoms with Gasteiger partial charge in [-0.3, -0.25) is 10.1 Å². The number of nitrogens with one attached hydrogen (secondary N) is 1. The Morgan fingerprint density at radius 1 is 1.26 bits per heavy atom.